The Morgan fingerprint density at radius 1 is 1.30 bits per heavy atom. The van der Waals surface area contributed by atoms with E-state index >= 15 is 0 Å². The highest BCUT2D eigenvalue weighted by molar-refractivity contribution is 5.37. The molecular weight excluding hydrogens is 254 g/mol. The highest BCUT2D eigenvalue weighted by Gasteiger charge is 2.23. The second-order valence-corrected chi connectivity index (χ2v) is 5.58. The number of aryl methyl sites for hydroxylation is 1. The Hall–Kier alpha value is -1.20. The lowest BCUT2D eigenvalue weighted by Crippen LogP contribution is -2.31. The molecule has 112 valence electrons. The fourth-order valence-corrected chi connectivity index (χ4v) is 2.88. The van der Waals surface area contributed by atoms with Crippen molar-refractivity contribution in [3.05, 3.63) is 17.6 Å². The number of aliphatic hydroxyl groups excluding tert-OH is 1. The van der Waals surface area contributed by atoms with Crippen molar-refractivity contribution in [1.29, 1.82) is 0 Å². The largest absolute Gasteiger partial charge is 0.396 e. The summed E-state index contributed by atoms with van der Waals surface area (Å²) in [5.41, 5.74) is 0.934. The van der Waals surface area contributed by atoms with Crippen molar-refractivity contribution in [2.24, 2.45) is 5.92 Å². The minimum absolute atomic E-state index is 0.243. The van der Waals surface area contributed by atoms with Crippen LogP contribution in [-0.2, 0) is 11.3 Å². The Bertz CT molecular complexity index is 426. The third-order valence-corrected chi connectivity index (χ3v) is 3.90. The molecule has 5 heteroatoms. The van der Waals surface area contributed by atoms with E-state index < -0.39 is 0 Å². The molecule has 0 aromatic carbocycles. The Morgan fingerprint density at radius 2 is 2.10 bits per heavy atom. The number of aromatic nitrogens is 2. The van der Waals surface area contributed by atoms with Gasteiger partial charge >= 0.3 is 0 Å². The van der Waals surface area contributed by atoms with E-state index in [4.69, 9.17) is 4.74 Å². The molecule has 1 aromatic rings. The van der Waals surface area contributed by atoms with E-state index in [-0.39, 0.29) is 6.61 Å². The van der Waals surface area contributed by atoms with E-state index in [1.54, 1.807) is 7.11 Å². The lowest BCUT2D eigenvalue weighted by atomic mass is 9.95. The second-order valence-electron chi connectivity index (χ2n) is 5.58. The fraction of sp³-hybridized carbons (Fsp3) is 0.733. The summed E-state index contributed by atoms with van der Waals surface area (Å²) in [6.45, 7) is 2.62. The van der Waals surface area contributed by atoms with Gasteiger partial charge in [-0.2, -0.15) is 0 Å². The highest BCUT2D eigenvalue weighted by atomic mass is 16.5. The van der Waals surface area contributed by atoms with Gasteiger partial charge in [0.1, 0.15) is 12.4 Å². The van der Waals surface area contributed by atoms with Gasteiger partial charge in [-0.15, -0.1) is 0 Å². The maximum absolute atomic E-state index is 9.57. The summed E-state index contributed by atoms with van der Waals surface area (Å²) in [5, 5.41) is 13.1. The molecule has 1 fully saturated rings. The zero-order chi connectivity index (χ0) is 14.4. The first-order valence-electron chi connectivity index (χ1n) is 7.44. The van der Waals surface area contributed by atoms with Crippen LogP contribution in [0.1, 0.15) is 43.6 Å². The molecule has 0 aliphatic heterocycles. The van der Waals surface area contributed by atoms with E-state index in [0.29, 0.717) is 24.4 Å². The number of rotatable bonds is 5. The first-order valence-corrected chi connectivity index (χ1v) is 7.44. The Labute approximate surface area is 120 Å². The van der Waals surface area contributed by atoms with Crippen LogP contribution in [0.2, 0.25) is 0 Å². The molecule has 1 aliphatic carbocycles. The number of aliphatic hydroxyl groups is 1. The predicted molar refractivity (Wildman–Crippen MR) is 78.6 cm³/mol. The number of anilines is 1. The maximum atomic E-state index is 9.57. The van der Waals surface area contributed by atoms with Crippen molar-refractivity contribution in [3.8, 4) is 0 Å². The van der Waals surface area contributed by atoms with Crippen molar-refractivity contribution in [2.45, 2.75) is 51.7 Å². The molecule has 1 saturated carbocycles. The number of ether oxygens (including phenoxy) is 1. The lowest BCUT2D eigenvalue weighted by Gasteiger charge is -2.25. The standard InChI is InChI=1S/C15H25N3O2/c1-11-8-14(18-15(16-11)10-20-2)17-13-7-5-3-4-6-12(13)9-19/h8,12-13,19H,3-7,9-10H2,1-2H3,(H,16,17,18). The van der Waals surface area contributed by atoms with E-state index in [2.05, 4.69) is 15.3 Å². The van der Waals surface area contributed by atoms with E-state index in [1.165, 1.54) is 19.3 Å². The third-order valence-electron chi connectivity index (χ3n) is 3.90. The summed E-state index contributed by atoms with van der Waals surface area (Å²) < 4.78 is 5.10. The summed E-state index contributed by atoms with van der Waals surface area (Å²) in [4.78, 5) is 8.84. The van der Waals surface area contributed by atoms with E-state index in [9.17, 15) is 5.11 Å². The topological polar surface area (TPSA) is 67.3 Å². The monoisotopic (exact) mass is 279 g/mol. The number of methoxy groups -OCH3 is 1. The van der Waals surface area contributed by atoms with Crippen LogP contribution < -0.4 is 5.32 Å². The van der Waals surface area contributed by atoms with Gasteiger partial charge in [0, 0.05) is 37.4 Å². The number of hydrogen-bond acceptors (Lipinski definition) is 5. The maximum Gasteiger partial charge on any atom is 0.156 e. The molecule has 1 aliphatic rings. The summed E-state index contributed by atoms with van der Waals surface area (Å²) in [6.07, 6.45) is 5.85. The van der Waals surface area contributed by atoms with E-state index in [0.717, 1.165) is 24.4 Å². The van der Waals surface area contributed by atoms with Crippen molar-refractivity contribution in [2.75, 3.05) is 19.0 Å². The third kappa shape index (κ3) is 4.15. The van der Waals surface area contributed by atoms with Gasteiger partial charge in [0.05, 0.1) is 0 Å². The average molecular weight is 279 g/mol. The van der Waals surface area contributed by atoms with Gasteiger partial charge in [-0.3, -0.25) is 0 Å². The Kier molecular flexibility index (Phi) is 5.73. The summed E-state index contributed by atoms with van der Waals surface area (Å²) in [5.74, 6) is 1.86. The summed E-state index contributed by atoms with van der Waals surface area (Å²) in [7, 11) is 1.64. The van der Waals surface area contributed by atoms with Crippen LogP contribution in [-0.4, -0.2) is 34.8 Å². The SMILES string of the molecule is COCc1nc(C)cc(NC2CCCCCC2CO)n1. The van der Waals surface area contributed by atoms with E-state index in [1.807, 2.05) is 13.0 Å². The predicted octanol–water partition coefficient (Wildman–Crippen LogP) is 2.28. The van der Waals surface area contributed by atoms with Crippen molar-refractivity contribution >= 4 is 5.82 Å². The normalized spacial score (nSPS) is 23.4. The smallest absolute Gasteiger partial charge is 0.156 e. The number of nitrogens with zero attached hydrogens (tertiary/aromatic N) is 2. The first kappa shape index (κ1) is 15.2. The molecule has 2 atom stereocenters. The molecular formula is C15H25N3O2. The zero-order valence-corrected chi connectivity index (χ0v) is 12.4. The molecule has 1 heterocycles. The molecule has 0 amide bonds. The molecule has 0 saturated heterocycles. The first-order chi connectivity index (χ1) is 9.72. The zero-order valence-electron chi connectivity index (χ0n) is 12.4. The Balaban J connectivity index is 2.10. The van der Waals surface area contributed by atoms with Crippen LogP contribution in [0.25, 0.3) is 0 Å². The Morgan fingerprint density at radius 3 is 2.85 bits per heavy atom. The second kappa shape index (κ2) is 7.55. The van der Waals surface area contributed by atoms with Gasteiger partial charge in [-0.25, -0.2) is 9.97 Å². The quantitative estimate of drug-likeness (QED) is 0.809. The van der Waals surface area contributed by atoms with Crippen molar-refractivity contribution in [1.82, 2.24) is 9.97 Å². The van der Waals surface area contributed by atoms with Crippen LogP contribution in [0.4, 0.5) is 5.82 Å². The highest BCUT2D eigenvalue weighted by Crippen LogP contribution is 2.25. The lowest BCUT2D eigenvalue weighted by molar-refractivity contribution is 0.177. The number of hydrogen-bond donors (Lipinski definition) is 2. The van der Waals surface area contributed by atoms with Crippen LogP contribution >= 0.6 is 0 Å². The minimum atomic E-state index is 0.243. The summed E-state index contributed by atoms with van der Waals surface area (Å²) in [6, 6.07) is 2.26. The van der Waals surface area contributed by atoms with Gasteiger partial charge in [0.15, 0.2) is 5.82 Å². The molecule has 2 rings (SSSR count). The van der Waals surface area contributed by atoms with Gasteiger partial charge < -0.3 is 15.2 Å². The molecule has 0 bridgehead atoms. The van der Waals surface area contributed by atoms with Crippen LogP contribution in [0.15, 0.2) is 6.07 Å². The van der Waals surface area contributed by atoms with Crippen molar-refractivity contribution in [3.63, 3.8) is 0 Å². The average Bonchev–Trinajstić information content (AvgIpc) is 2.63. The molecule has 20 heavy (non-hydrogen) atoms. The molecule has 2 unspecified atom stereocenters. The minimum Gasteiger partial charge on any atom is -0.396 e. The van der Waals surface area contributed by atoms with Crippen LogP contribution in [0, 0.1) is 12.8 Å². The van der Waals surface area contributed by atoms with Gasteiger partial charge in [-0.05, 0) is 19.8 Å². The molecule has 1 aromatic heterocycles. The molecule has 2 N–H and O–H groups in total. The molecule has 5 nitrogen and oxygen atoms in total. The van der Waals surface area contributed by atoms with Crippen LogP contribution in [0.5, 0.6) is 0 Å². The van der Waals surface area contributed by atoms with Gasteiger partial charge in [-0.1, -0.05) is 19.3 Å². The van der Waals surface area contributed by atoms with Crippen LogP contribution in [0.3, 0.4) is 0 Å². The summed E-state index contributed by atoms with van der Waals surface area (Å²) >= 11 is 0. The van der Waals surface area contributed by atoms with Gasteiger partial charge in [0.2, 0.25) is 0 Å². The fourth-order valence-electron chi connectivity index (χ4n) is 2.88. The van der Waals surface area contributed by atoms with Gasteiger partial charge in [0.25, 0.3) is 0 Å². The van der Waals surface area contributed by atoms with Crippen molar-refractivity contribution < 1.29 is 9.84 Å². The molecule has 0 spiro atoms. The number of nitrogens with one attached hydrogen (secondary N) is 1. The molecule has 0 radical (unpaired) electrons.